The minimum Gasteiger partial charge on any atom is -0.351 e. The van der Waals surface area contributed by atoms with E-state index in [0.717, 1.165) is 12.2 Å². The molecule has 0 aliphatic carbocycles. The van der Waals surface area contributed by atoms with Gasteiger partial charge in [0.25, 0.3) is 0 Å². The Morgan fingerprint density at radius 2 is 1.95 bits per heavy atom. The van der Waals surface area contributed by atoms with Gasteiger partial charge in [-0.3, -0.25) is 0 Å². The Hall–Kier alpha value is -2.48. The third-order valence-electron chi connectivity index (χ3n) is 4.54. The average Bonchev–Trinajstić information content (AvgIpc) is 3.02. The van der Waals surface area contributed by atoms with Crippen LogP contribution in [0, 0.1) is 6.92 Å². The van der Waals surface area contributed by atoms with Crippen LogP contribution in [0.3, 0.4) is 0 Å². The van der Waals surface area contributed by atoms with Crippen LogP contribution in [0.15, 0.2) is 55.2 Å². The molecule has 0 radical (unpaired) electrons. The Kier molecular flexibility index (Phi) is 2.49. The first-order valence-electron chi connectivity index (χ1n) is 7.25. The van der Waals surface area contributed by atoms with Gasteiger partial charge >= 0.3 is 0 Å². The van der Waals surface area contributed by atoms with Crippen LogP contribution in [0.1, 0.15) is 16.7 Å². The van der Waals surface area contributed by atoms with Crippen molar-refractivity contribution in [3.8, 4) is 0 Å². The molecular formula is C19H18N2. The molecule has 1 aliphatic heterocycles. The van der Waals surface area contributed by atoms with Crippen LogP contribution in [0.25, 0.3) is 16.6 Å². The number of anilines is 1. The molecule has 2 heterocycles. The Balaban J connectivity index is 1.80. The van der Waals surface area contributed by atoms with E-state index in [2.05, 4.69) is 78.7 Å². The average molecular weight is 274 g/mol. The van der Waals surface area contributed by atoms with Crippen LogP contribution in [-0.2, 0) is 13.6 Å². The lowest BCUT2D eigenvalue weighted by Gasteiger charge is -2.19. The zero-order chi connectivity index (χ0) is 14.6. The van der Waals surface area contributed by atoms with Crippen LogP contribution < -0.4 is 4.90 Å². The third kappa shape index (κ3) is 1.72. The highest BCUT2D eigenvalue weighted by molar-refractivity contribution is 5.90. The van der Waals surface area contributed by atoms with Crippen LogP contribution in [0.4, 0.5) is 5.69 Å². The van der Waals surface area contributed by atoms with Crippen molar-refractivity contribution in [2.75, 3.05) is 4.90 Å². The van der Waals surface area contributed by atoms with Crippen molar-refractivity contribution < 1.29 is 0 Å². The molecule has 2 nitrogen and oxygen atoms in total. The minimum absolute atomic E-state index is 0.916. The summed E-state index contributed by atoms with van der Waals surface area (Å²) in [6.45, 7) is 7.39. The van der Waals surface area contributed by atoms with Crippen molar-refractivity contribution in [2.45, 2.75) is 13.5 Å². The van der Waals surface area contributed by atoms with Gasteiger partial charge in [0.1, 0.15) is 0 Å². The highest BCUT2D eigenvalue weighted by atomic mass is 15.2. The van der Waals surface area contributed by atoms with Crippen molar-refractivity contribution in [3.63, 3.8) is 0 Å². The molecule has 4 rings (SSSR count). The fourth-order valence-electron chi connectivity index (χ4n) is 3.27. The lowest BCUT2D eigenvalue weighted by atomic mass is 10.0. The fourth-order valence-corrected chi connectivity index (χ4v) is 3.27. The van der Waals surface area contributed by atoms with Crippen LogP contribution in [0.5, 0.6) is 0 Å². The molecule has 0 saturated heterocycles. The second kappa shape index (κ2) is 4.26. The number of nitrogens with zero attached hydrogens (tertiary/aromatic N) is 2. The zero-order valence-electron chi connectivity index (χ0n) is 12.4. The largest absolute Gasteiger partial charge is 0.351 e. The van der Waals surface area contributed by atoms with E-state index in [-0.39, 0.29) is 0 Å². The lowest BCUT2D eigenvalue weighted by molar-refractivity contribution is 0.968. The van der Waals surface area contributed by atoms with E-state index in [1.165, 1.54) is 33.3 Å². The molecule has 0 N–H and O–H groups in total. The summed E-state index contributed by atoms with van der Waals surface area (Å²) in [4.78, 5) is 2.31. The maximum atomic E-state index is 4.30. The van der Waals surface area contributed by atoms with Gasteiger partial charge in [-0.15, -0.1) is 0 Å². The highest BCUT2D eigenvalue weighted by Gasteiger charge is 2.24. The third-order valence-corrected chi connectivity index (χ3v) is 4.54. The number of fused-ring (bicyclic) bond motifs is 2. The maximum Gasteiger partial charge on any atom is 0.0491 e. The number of aryl methyl sites for hydroxylation is 2. The Morgan fingerprint density at radius 3 is 2.76 bits per heavy atom. The van der Waals surface area contributed by atoms with Gasteiger partial charge in [-0.1, -0.05) is 24.8 Å². The zero-order valence-corrected chi connectivity index (χ0v) is 12.4. The fraction of sp³-hybridized carbons (Fsp3) is 0.158. The second-order valence-corrected chi connectivity index (χ2v) is 5.80. The Bertz CT molecular complexity index is 870. The molecule has 0 unspecified atom stereocenters. The molecule has 1 aromatic heterocycles. The summed E-state index contributed by atoms with van der Waals surface area (Å²) in [5, 5.41) is 1.27. The summed E-state index contributed by atoms with van der Waals surface area (Å²) in [6.07, 6.45) is 2.10. The smallest absolute Gasteiger partial charge is 0.0491 e. The van der Waals surface area contributed by atoms with E-state index in [4.69, 9.17) is 0 Å². The maximum absolute atomic E-state index is 4.30. The van der Waals surface area contributed by atoms with Gasteiger partial charge in [-0.05, 0) is 42.3 Å². The number of hydrogen-bond acceptors (Lipinski definition) is 1. The standard InChI is InChI=1S/C19H18N2/c1-13-5-4-6-17-14(2)21(12-18(13)17)16-7-8-19-15(11-16)9-10-20(19)3/h4-11H,2,12H2,1,3H3. The molecular weight excluding hydrogens is 256 g/mol. The molecule has 21 heavy (non-hydrogen) atoms. The van der Waals surface area contributed by atoms with Crippen LogP contribution in [-0.4, -0.2) is 4.57 Å². The molecule has 0 amide bonds. The highest BCUT2D eigenvalue weighted by Crippen LogP contribution is 2.38. The summed E-state index contributed by atoms with van der Waals surface area (Å²) in [6, 6.07) is 15.3. The van der Waals surface area contributed by atoms with Crippen LogP contribution >= 0.6 is 0 Å². The van der Waals surface area contributed by atoms with E-state index in [0.29, 0.717) is 0 Å². The van der Waals surface area contributed by atoms with Crippen molar-refractivity contribution in [1.82, 2.24) is 4.57 Å². The van der Waals surface area contributed by atoms with E-state index < -0.39 is 0 Å². The van der Waals surface area contributed by atoms with E-state index >= 15 is 0 Å². The van der Waals surface area contributed by atoms with Gasteiger partial charge in [0, 0.05) is 47.6 Å². The molecule has 0 saturated carbocycles. The van der Waals surface area contributed by atoms with Crippen LogP contribution in [0.2, 0.25) is 0 Å². The number of hydrogen-bond donors (Lipinski definition) is 0. The topological polar surface area (TPSA) is 8.17 Å². The van der Waals surface area contributed by atoms with Crippen molar-refractivity contribution >= 4 is 22.3 Å². The van der Waals surface area contributed by atoms with E-state index in [9.17, 15) is 0 Å². The first-order valence-corrected chi connectivity index (χ1v) is 7.25. The molecule has 2 heteroatoms. The molecule has 1 aliphatic rings. The van der Waals surface area contributed by atoms with Gasteiger partial charge in [0.15, 0.2) is 0 Å². The summed E-state index contributed by atoms with van der Waals surface area (Å²) < 4.78 is 2.15. The normalized spacial score (nSPS) is 14.0. The molecule has 104 valence electrons. The number of aromatic nitrogens is 1. The summed E-state index contributed by atoms with van der Waals surface area (Å²) in [7, 11) is 2.08. The van der Waals surface area contributed by atoms with E-state index in [1.54, 1.807) is 0 Å². The minimum atomic E-state index is 0.916. The molecule has 2 aromatic carbocycles. The summed E-state index contributed by atoms with van der Waals surface area (Å²) in [5.41, 5.74) is 7.60. The predicted molar refractivity (Wildman–Crippen MR) is 89.3 cm³/mol. The predicted octanol–water partition coefficient (Wildman–Crippen LogP) is 4.48. The SMILES string of the molecule is C=C1c2cccc(C)c2CN1c1ccc2c(ccn2C)c1. The molecule has 0 bridgehead atoms. The van der Waals surface area contributed by atoms with Gasteiger partial charge in [0.05, 0.1) is 0 Å². The summed E-state index contributed by atoms with van der Waals surface area (Å²) in [5.74, 6) is 0. The monoisotopic (exact) mass is 274 g/mol. The molecule has 3 aromatic rings. The van der Waals surface area contributed by atoms with Gasteiger partial charge in [-0.25, -0.2) is 0 Å². The Morgan fingerprint density at radius 1 is 1.10 bits per heavy atom. The number of rotatable bonds is 1. The van der Waals surface area contributed by atoms with Gasteiger partial charge in [-0.2, -0.15) is 0 Å². The first kappa shape index (κ1) is 12.3. The molecule has 0 spiro atoms. The van der Waals surface area contributed by atoms with Gasteiger partial charge in [0.2, 0.25) is 0 Å². The first-order chi connectivity index (χ1) is 10.1. The quantitative estimate of drug-likeness (QED) is 0.635. The molecule has 0 fully saturated rings. The second-order valence-electron chi connectivity index (χ2n) is 5.80. The van der Waals surface area contributed by atoms with Gasteiger partial charge < -0.3 is 9.47 Å². The summed E-state index contributed by atoms with van der Waals surface area (Å²) >= 11 is 0. The molecule has 0 atom stereocenters. The number of benzene rings is 2. The Labute approximate surface area is 124 Å². The van der Waals surface area contributed by atoms with Crippen molar-refractivity contribution in [3.05, 3.63) is 71.9 Å². The lowest BCUT2D eigenvalue weighted by Crippen LogP contribution is -2.12. The van der Waals surface area contributed by atoms with E-state index in [1.807, 2.05) is 0 Å². The van der Waals surface area contributed by atoms with Crippen molar-refractivity contribution in [2.24, 2.45) is 7.05 Å². The van der Waals surface area contributed by atoms with Crippen molar-refractivity contribution in [1.29, 1.82) is 0 Å².